The topological polar surface area (TPSA) is 112 Å². The summed E-state index contributed by atoms with van der Waals surface area (Å²) in [5, 5.41) is 0. The average Bonchev–Trinajstić information content (AvgIpc) is 2.80. The first kappa shape index (κ1) is 28.5. The monoisotopic (exact) mass is 542 g/mol. The molecule has 0 saturated carbocycles. The molecule has 0 aromatic heterocycles. The molecule has 0 saturated heterocycles. The van der Waals surface area contributed by atoms with Gasteiger partial charge in [-0.3, -0.25) is 0 Å². The smallest absolute Gasteiger partial charge is 0.493 e. The number of ether oxygens (including phenoxy) is 4. The van der Waals surface area contributed by atoms with Gasteiger partial charge in [-0.25, -0.2) is 16.8 Å². The molecule has 0 fully saturated rings. The van der Waals surface area contributed by atoms with Crippen LogP contribution in [0.3, 0.4) is 0 Å². The van der Waals surface area contributed by atoms with E-state index in [-0.39, 0.29) is 29.5 Å². The highest BCUT2D eigenvalue weighted by Gasteiger charge is 2.34. The Morgan fingerprint density at radius 3 is 1.43 bits per heavy atom. The van der Waals surface area contributed by atoms with Crippen molar-refractivity contribution >= 4 is 20.0 Å². The third-order valence-electron chi connectivity index (χ3n) is 4.86. The SMILES string of the molecule is COc1ccc(S(=O)(=O)N(C)CCN(C)S(=O)(=O)c2ccc(OC)c(OC(F)(F)F)c2)cc1OC. The van der Waals surface area contributed by atoms with Crippen LogP contribution >= 0.6 is 0 Å². The summed E-state index contributed by atoms with van der Waals surface area (Å²) in [7, 11) is -2.04. The molecule has 0 bridgehead atoms. The molecule has 2 rings (SSSR count). The van der Waals surface area contributed by atoms with Gasteiger partial charge in [0.2, 0.25) is 20.0 Å². The largest absolute Gasteiger partial charge is 0.573 e. The van der Waals surface area contributed by atoms with E-state index in [2.05, 4.69) is 4.74 Å². The first-order valence-corrected chi connectivity index (χ1v) is 12.6. The van der Waals surface area contributed by atoms with Crippen LogP contribution in [-0.2, 0) is 20.0 Å². The highest BCUT2D eigenvalue weighted by Crippen LogP contribution is 2.35. The molecule has 0 unspecified atom stereocenters. The van der Waals surface area contributed by atoms with Crippen molar-refractivity contribution < 1.29 is 49.0 Å². The number of methoxy groups -OCH3 is 3. The fraction of sp³-hybridized carbons (Fsp3) is 0.400. The van der Waals surface area contributed by atoms with Crippen molar-refractivity contribution in [1.29, 1.82) is 0 Å². The van der Waals surface area contributed by atoms with E-state index >= 15 is 0 Å². The molecule has 0 atom stereocenters. The third-order valence-corrected chi connectivity index (χ3v) is 8.57. The van der Waals surface area contributed by atoms with E-state index in [1.165, 1.54) is 46.5 Å². The Labute approximate surface area is 201 Å². The van der Waals surface area contributed by atoms with Gasteiger partial charge in [-0.15, -0.1) is 13.2 Å². The maximum Gasteiger partial charge on any atom is 0.573 e. The molecule has 0 amide bonds. The molecule has 2 aromatic carbocycles. The summed E-state index contributed by atoms with van der Waals surface area (Å²) in [4.78, 5) is -0.599. The molecule has 0 heterocycles. The zero-order valence-electron chi connectivity index (χ0n) is 19.5. The summed E-state index contributed by atoms with van der Waals surface area (Å²) in [6, 6.07) is 6.76. The van der Waals surface area contributed by atoms with Crippen LogP contribution in [0.2, 0.25) is 0 Å². The quantitative estimate of drug-likeness (QED) is 0.426. The van der Waals surface area contributed by atoms with Crippen molar-refractivity contribution in [1.82, 2.24) is 8.61 Å². The minimum Gasteiger partial charge on any atom is -0.493 e. The van der Waals surface area contributed by atoms with Crippen LogP contribution in [0.15, 0.2) is 46.2 Å². The van der Waals surface area contributed by atoms with Crippen LogP contribution in [0.1, 0.15) is 0 Å². The maximum atomic E-state index is 12.9. The predicted molar refractivity (Wildman–Crippen MR) is 119 cm³/mol. The average molecular weight is 543 g/mol. The van der Waals surface area contributed by atoms with Crippen molar-refractivity contribution in [2.75, 3.05) is 48.5 Å². The van der Waals surface area contributed by atoms with Crippen LogP contribution in [0.5, 0.6) is 23.0 Å². The highest BCUT2D eigenvalue weighted by atomic mass is 32.2. The summed E-state index contributed by atoms with van der Waals surface area (Å²) >= 11 is 0. The van der Waals surface area contributed by atoms with Crippen molar-refractivity contribution in [3.05, 3.63) is 36.4 Å². The molecule has 2 aromatic rings. The van der Waals surface area contributed by atoms with Gasteiger partial charge < -0.3 is 18.9 Å². The first-order chi connectivity index (χ1) is 16.2. The van der Waals surface area contributed by atoms with E-state index in [4.69, 9.17) is 14.2 Å². The Morgan fingerprint density at radius 1 is 0.686 bits per heavy atom. The van der Waals surface area contributed by atoms with Crippen molar-refractivity contribution in [3.63, 3.8) is 0 Å². The van der Waals surface area contributed by atoms with Gasteiger partial charge in [-0.2, -0.15) is 8.61 Å². The molecule has 0 aliphatic rings. The fourth-order valence-corrected chi connectivity index (χ4v) is 5.24. The van der Waals surface area contributed by atoms with Crippen LogP contribution in [0.4, 0.5) is 13.2 Å². The molecule has 15 heteroatoms. The maximum absolute atomic E-state index is 12.9. The number of hydrogen-bond donors (Lipinski definition) is 0. The van der Waals surface area contributed by atoms with Gasteiger partial charge in [0.05, 0.1) is 31.1 Å². The van der Waals surface area contributed by atoms with Gasteiger partial charge in [-0.05, 0) is 24.3 Å². The second kappa shape index (κ2) is 10.9. The summed E-state index contributed by atoms with van der Waals surface area (Å²) in [5.74, 6) is -0.626. The number of halogens is 3. The number of benzene rings is 2. The molecule has 35 heavy (non-hydrogen) atoms. The van der Waals surface area contributed by atoms with E-state index in [1.54, 1.807) is 0 Å². The Balaban J connectivity index is 2.22. The van der Waals surface area contributed by atoms with Gasteiger partial charge in [0.1, 0.15) is 0 Å². The van der Waals surface area contributed by atoms with Crippen LogP contribution in [-0.4, -0.2) is 80.3 Å². The Kier molecular flexibility index (Phi) is 8.86. The van der Waals surface area contributed by atoms with E-state index in [1.807, 2.05) is 0 Å². The van der Waals surface area contributed by atoms with Gasteiger partial charge in [0.15, 0.2) is 23.0 Å². The predicted octanol–water partition coefficient (Wildman–Crippen LogP) is 2.55. The lowest BCUT2D eigenvalue weighted by Gasteiger charge is -2.23. The fourth-order valence-electron chi connectivity index (χ4n) is 2.88. The number of hydrogen-bond acceptors (Lipinski definition) is 8. The Morgan fingerprint density at radius 2 is 1.06 bits per heavy atom. The molecule has 0 aliphatic heterocycles. The minimum absolute atomic E-state index is 0.104. The number of alkyl halides is 3. The third kappa shape index (κ3) is 6.68. The summed E-state index contributed by atoms with van der Waals surface area (Å²) in [5.41, 5.74) is 0. The summed E-state index contributed by atoms with van der Waals surface area (Å²) < 4.78 is 110. The van der Waals surface area contributed by atoms with Gasteiger partial charge in [-0.1, -0.05) is 0 Å². The van der Waals surface area contributed by atoms with Crippen LogP contribution < -0.4 is 18.9 Å². The molecule has 10 nitrogen and oxygen atoms in total. The molecule has 0 spiro atoms. The van der Waals surface area contributed by atoms with E-state index in [0.717, 1.165) is 27.9 Å². The van der Waals surface area contributed by atoms with Crippen molar-refractivity contribution in [2.45, 2.75) is 16.2 Å². The van der Waals surface area contributed by atoms with Crippen molar-refractivity contribution in [3.8, 4) is 23.0 Å². The van der Waals surface area contributed by atoms with E-state index < -0.39 is 37.1 Å². The number of rotatable bonds is 11. The van der Waals surface area contributed by atoms with Crippen LogP contribution in [0.25, 0.3) is 0 Å². The summed E-state index contributed by atoms with van der Waals surface area (Å²) in [6.45, 7) is -0.554. The molecule has 0 aliphatic carbocycles. The molecular weight excluding hydrogens is 517 g/mol. The van der Waals surface area contributed by atoms with Gasteiger partial charge in [0.25, 0.3) is 0 Å². The lowest BCUT2D eigenvalue weighted by molar-refractivity contribution is -0.275. The molecule has 0 radical (unpaired) electrons. The minimum atomic E-state index is -5.07. The summed E-state index contributed by atoms with van der Waals surface area (Å²) in [6.07, 6.45) is -5.07. The number of sulfonamides is 2. The molecule has 196 valence electrons. The number of nitrogens with zero attached hydrogens (tertiary/aromatic N) is 2. The van der Waals surface area contributed by atoms with E-state index in [9.17, 15) is 30.0 Å². The van der Waals surface area contributed by atoms with Crippen LogP contribution in [0, 0.1) is 0 Å². The van der Waals surface area contributed by atoms with Gasteiger partial charge in [0, 0.05) is 39.3 Å². The normalized spacial score (nSPS) is 12.6. The standard InChI is InChI=1S/C20H25F3N2O8S2/c1-24(34(26,27)14-6-8-16(30-3)18(12-14)32-5)10-11-25(2)35(28,29)15-7-9-17(31-4)19(13-15)33-20(21,22)23/h6-9,12-13H,10-11H2,1-5H3. The van der Waals surface area contributed by atoms with Gasteiger partial charge >= 0.3 is 6.36 Å². The van der Waals surface area contributed by atoms with E-state index in [0.29, 0.717) is 11.8 Å². The lowest BCUT2D eigenvalue weighted by Crippen LogP contribution is -2.37. The Bertz CT molecular complexity index is 1250. The zero-order chi connectivity index (χ0) is 26.6. The molecular formula is C20H25F3N2O8S2. The number of likely N-dealkylation sites (N-methyl/N-ethyl adjacent to an activating group) is 2. The highest BCUT2D eigenvalue weighted by molar-refractivity contribution is 7.89. The van der Waals surface area contributed by atoms with Crippen molar-refractivity contribution in [2.24, 2.45) is 0 Å². The first-order valence-electron chi connectivity index (χ1n) is 9.76. The second-order valence-corrected chi connectivity index (χ2v) is 11.1. The Hall–Kier alpha value is -2.75. The zero-order valence-corrected chi connectivity index (χ0v) is 21.1. The second-order valence-electron chi connectivity index (χ2n) is 7.03. The molecule has 0 N–H and O–H groups in total. The lowest BCUT2D eigenvalue weighted by atomic mass is 10.3.